The molecule has 0 spiro atoms. The van der Waals surface area contributed by atoms with Crippen LogP contribution in [0.25, 0.3) is 11.0 Å². The molecule has 36 heavy (non-hydrogen) atoms. The minimum Gasteiger partial charge on any atom is -0.387 e. The van der Waals surface area contributed by atoms with Gasteiger partial charge in [-0.3, -0.25) is 4.57 Å². The summed E-state index contributed by atoms with van der Waals surface area (Å²) in [6, 6.07) is 8.68. The van der Waals surface area contributed by atoms with E-state index in [9.17, 15) is 23.2 Å². The second-order valence-electron chi connectivity index (χ2n) is 8.47. The smallest absolute Gasteiger partial charge is 0.340 e. The van der Waals surface area contributed by atoms with Crippen LogP contribution in [-0.2, 0) is 19.1 Å². The molecule has 0 amide bonds. The molecular weight excluding hydrogens is 558 g/mol. The number of fused-ring (bicyclic) bond motifs is 1. The fourth-order valence-electron chi connectivity index (χ4n) is 4.02. The second kappa shape index (κ2) is 10.2. The van der Waals surface area contributed by atoms with Gasteiger partial charge in [-0.15, -0.1) is 0 Å². The van der Waals surface area contributed by atoms with Crippen molar-refractivity contribution in [2.45, 2.75) is 37.5 Å². The highest BCUT2D eigenvalue weighted by atomic mass is 35.5. The molecule has 0 radical (unpaired) electrons. The molecule has 5 N–H and O–H groups in total. The number of halogens is 2. The van der Waals surface area contributed by atoms with Gasteiger partial charge in [0.2, 0.25) is 5.28 Å². The molecule has 0 bridgehead atoms. The minimum absolute atomic E-state index is 0.109. The fraction of sp³-hybridized carbons (Fsp3) is 0.400. The van der Waals surface area contributed by atoms with Crippen molar-refractivity contribution >= 4 is 57.5 Å². The Morgan fingerprint density at radius 3 is 2.44 bits per heavy atom. The molecule has 3 aromatic rings. The van der Waals surface area contributed by atoms with Gasteiger partial charge in [-0.2, -0.15) is 4.98 Å². The summed E-state index contributed by atoms with van der Waals surface area (Å²) in [5, 5.41) is 25.3. The Balaban J connectivity index is 1.61. The van der Waals surface area contributed by atoms with Gasteiger partial charge in [-0.1, -0.05) is 23.7 Å². The van der Waals surface area contributed by atoms with Crippen LogP contribution in [0.1, 0.15) is 24.8 Å². The van der Waals surface area contributed by atoms with Crippen LogP contribution >= 0.6 is 30.8 Å². The predicted octanol–water partition coefficient (Wildman–Crippen LogP) is 2.08. The largest absolute Gasteiger partial charge is 0.387 e. The van der Waals surface area contributed by atoms with E-state index >= 15 is 0 Å². The SMILES string of the molecule is CC(Nc1nc(Cl)nc2c1ccn2[C@@H]1O[C@H](CS(=O)(=O)CP(=O)(O)O)[C@@H](O)[C@H]1O)c1ccc(Cl)cc1. The van der Waals surface area contributed by atoms with Crippen LogP contribution in [0.2, 0.25) is 10.3 Å². The monoisotopic (exact) mass is 580 g/mol. The van der Waals surface area contributed by atoms with Gasteiger partial charge in [0, 0.05) is 17.3 Å². The number of nitrogens with zero attached hydrogens (tertiary/aromatic N) is 3. The van der Waals surface area contributed by atoms with Crippen molar-refractivity contribution in [1.29, 1.82) is 0 Å². The summed E-state index contributed by atoms with van der Waals surface area (Å²) in [7, 11) is -9.16. The third kappa shape index (κ3) is 6.01. The third-order valence-corrected chi connectivity index (χ3v) is 9.84. The van der Waals surface area contributed by atoms with E-state index in [2.05, 4.69) is 15.3 Å². The summed E-state index contributed by atoms with van der Waals surface area (Å²) >= 11 is 12.1. The van der Waals surface area contributed by atoms with Crippen LogP contribution < -0.4 is 5.32 Å². The molecule has 16 heteroatoms. The van der Waals surface area contributed by atoms with Gasteiger partial charge in [-0.05, 0) is 42.3 Å². The molecule has 5 atom stereocenters. The topological polar surface area (TPSA) is 184 Å². The van der Waals surface area contributed by atoms with Crippen LogP contribution in [0.3, 0.4) is 0 Å². The van der Waals surface area contributed by atoms with Crippen molar-refractivity contribution in [1.82, 2.24) is 14.5 Å². The van der Waals surface area contributed by atoms with Crippen LogP contribution in [0.5, 0.6) is 0 Å². The number of anilines is 1. The van der Waals surface area contributed by atoms with Gasteiger partial charge < -0.3 is 34.6 Å². The summed E-state index contributed by atoms with van der Waals surface area (Å²) in [5.41, 5.74) is -0.224. The Hall–Kier alpha value is -1.80. The summed E-state index contributed by atoms with van der Waals surface area (Å²) in [6.45, 7) is 1.91. The van der Waals surface area contributed by atoms with Crippen molar-refractivity contribution in [2.75, 3.05) is 16.6 Å². The van der Waals surface area contributed by atoms with Crippen molar-refractivity contribution in [2.24, 2.45) is 0 Å². The number of rotatable bonds is 8. The lowest BCUT2D eigenvalue weighted by Gasteiger charge is -2.19. The molecule has 0 aliphatic carbocycles. The lowest BCUT2D eigenvalue weighted by atomic mass is 10.1. The van der Waals surface area contributed by atoms with Crippen LogP contribution in [0, 0.1) is 0 Å². The number of hydrogen-bond acceptors (Lipinski definition) is 9. The maximum absolute atomic E-state index is 12.2. The normalized spacial score (nSPS) is 23.8. The minimum atomic E-state index is -4.86. The highest BCUT2D eigenvalue weighted by Gasteiger charge is 2.46. The Bertz CT molecular complexity index is 1420. The standard InChI is InChI=1S/C20H23Cl2N4O8PS/c1-10(11-2-4-12(21)5-3-11)23-17-13-6-7-26(18(13)25-20(22)24-17)19-16(28)15(27)14(34-19)8-36(32,33)9-35(29,30)31/h2-7,10,14-16,19,27-28H,8-9H2,1H3,(H,23,24,25)(H2,29,30,31)/t10?,14-,15-,16-,19-/m1/s1. The molecule has 196 valence electrons. The molecule has 12 nitrogen and oxygen atoms in total. The van der Waals surface area contributed by atoms with Crippen molar-refractivity contribution in [3.8, 4) is 0 Å². The van der Waals surface area contributed by atoms with Crippen molar-refractivity contribution < 1.29 is 37.7 Å². The Kier molecular flexibility index (Phi) is 7.69. The van der Waals surface area contributed by atoms with E-state index in [-0.39, 0.29) is 17.0 Å². The van der Waals surface area contributed by atoms with Gasteiger partial charge in [0.05, 0.1) is 11.1 Å². The predicted molar refractivity (Wildman–Crippen MR) is 133 cm³/mol. The number of benzene rings is 1. The first kappa shape index (κ1) is 27.2. The maximum atomic E-state index is 12.2. The number of nitrogens with one attached hydrogen (secondary N) is 1. The summed E-state index contributed by atoms with van der Waals surface area (Å²) in [5.74, 6) is -0.507. The lowest BCUT2D eigenvalue weighted by molar-refractivity contribution is -0.0288. The first-order valence-electron chi connectivity index (χ1n) is 10.6. The summed E-state index contributed by atoms with van der Waals surface area (Å²) in [4.78, 5) is 26.5. The molecule has 1 fully saturated rings. The maximum Gasteiger partial charge on any atom is 0.340 e. The Morgan fingerprint density at radius 2 is 1.81 bits per heavy atom. The molecule has 2 aromatic heterocycles. The average Bonchev–Trinajstić information content (AvgIpc) is 3.28. The molecule has 1 unspecified atom stereocenters. The zero-order chi connectivity index (χ0) is 26.4. The zero-order valence-electron chi connectivity index (χ0n) is 18.6. The number of aromatic nitrogens is 3. The average molecular weight is 581 g/mol. The molecule has 3 heterocycles. The van der Waals surface area contributed by atoms with Crippen LogP contribution in [-0.4, -0.2) is 72.5 Å². The Labute approximate surface area is 215 Å². The first-order valence-corrected chi connectivity index (χ1v) is 14.9. The van der Waals surface area contributed by atoms with Gasteiger partial charge in [-0.25, -0.2) is 13.4 Å². The number of ether oxygens (including phenoxy) is 1. The molecule has 1 saturated heterocycles. The van der Waals surface area contributed by atoms with Gasteiger partial charge in [0.1, 0.15) is 29.8 Å². The van der Waals surface area contributed by atoms with Crippen molar-refractivity contribution in [3.63, 3.8) is 0 Å². The molecule has 1 aromatic carbocycles. The van der Waals surface area contributed by atoms with E-state index in [1.807, 2.05) is 19.1 Å². The number of hydrogen-bond donors (Lipinski definition) is 5. The zero-order valence-corrected chi connectivity index (χ0v) is 21.9. The molecule has 0 saturated carbocycles. The van der Waals surface area contributed by atoms with Crippen LogP contribution in [0.15, 0.2) is 36.5 Å². The molecule has 1 aliphatic rings. The fourth-order valence-corrected chi connectivity index (χ4v) is 7.56. The molecule has 1 aliphatic heterocycles. The Morgan fingerprint density at radius 1 is 1.14 bits per heavy atom. The number of sulfone groups is 1. The van der Waals surface area contributed by atoms with Crippen molar-refractivity contribution in [3.05, 3.63) is 52.4 Å². The van der Waals surface area contributed by atoms with Crippen LogP contribution in [0.4, 0.5) is 5.82 Å². The van der Waals surface area contributed by atoms with E-state index in [4.69, 9.17) is 37.7 Å². The number of aliphatic hydroxyl groups is 2. The van der Waals surface area contributed by atoms with E-state index < -0.39 is 53.2 Å². The summed E-state index contributed by atoms with van der Waals surface area (Å²) in [6.07, 6.45) is -4.37. The molecule has 4 rings (SSSR count). The first-order chi connectivity index (χ1) is 16.7. The van der Waals surface area contributed by atoms with E-state index in [1.54, 1.807) is 18.2 Å². The third-order valence-electron chi connectivity index (χ3n) is 5.66. The lowest BCUT2D eigenvalue weighted by Crippen LogP contribution is -2.35. The van der Waals surface area contributed by atoms with E-state index in [0.29, 0.717) is 16.2 Å². The molecular formula is C20H23Cl2N4O8PS. The quantitative estimate of drug-likeness (QED) is 0.194. The van der Waals surface area contributed by atoms with Gasteiger partial charge in [0.25, 0.3) is 0 Å². The van der Waals surface area contributed by atoms with E-state index in [1.165, 1.54) is 10.8 Å². The van der Waals surface area contributed by atoms with Gasteiger partial charge in [0.15, 0.2) is 21.6 Å². The highest BCUT2D eigenvalue weighted by Crippen LogP contribution is 2.39. The second-order valence-corrected chi connectivity index (χ2v) is 13.4. The van der Waals surface area contributed by atoms with Gasteiger partial charge >= 0.3 is 7.60 Å². The summed E-state index contributed by atoms with van der Waals surface area (Å²) < 4.78 is 42.5. The number of aliphatic hydroxyl groups excluding tert-OH is 2. The van der Waals surface area contributed by atoms with E-state index in [0.717, 1.165) is 5.56 Å². The highest BCUT2D eigenvalue weighted by molar-refractivity contribution is 7.97.